The molecule has 13 heavy (non-hydrogen) atoms. The van der Waals surface area contributed by atoms with Crippen LogP contribution in [0.1, 0.15) is 20.3 Å². The van der Waals surface area contributed by atoms with Gasteiger partial charge in [0.05, 0.1) is 12.7 Å². The summed E-state index contributed by atoms with van der Waals surface area (Å²) in [5.74, 6) is 0. The molecule has 1 unspecified atom stereocenters. The molecule has 1 saturated heterocycles. The number of ether oxygens (including phenoxy) is 2. The summed E-state index contributed by atoms with van der Waals surface area (Å²) in [6, 6.07) is 0. The fourth-order valence-corrected chi connectivity index (χ4v) is 1.56. The number of hydrogen-bond donors (Lipinski definition) is 2. The van der Waals surface area contributed by atoms with Gasteiger partial charge in [-0.2, -0.15) is 0 Å². The van der Waals surface area contributed by atoms with E-state index < -0.39 is 12.2 Å². The van der Waals surface area contributed by atoms with Crippen molar-refractivity contribution in [1.29, 1.82) is 0 Å². The van der Waals surface area contributed by atoms with E-state index in [1.807, 2.05) is 13.8 Å². The highest BCUT2D eigenvalue weighted by molar-refractivity contribution is 4.89. The molecule has 4 nitrogen and oxygen atoms in total. The topological polar surface area (TPSA) is 58.9 Å². The van der Waals surface area contributed by atoms with Crippen LogP contribution in [0.2, 0.25) is 0 Å². The quantitative estimate of drug-likeness (QED) is 0.651. The van der Waals surface area contributed by atoms with Gasteiger partial charge < -0.3 is 19.7 Å². The monoisotopic (exact) mass is 190 g/mol. The van der Waals surface area contributed by atoms with Crippen LogP contribution in [0.3, 0.4) is 0 Å². The zero-order chi connectivity index (χ0) is 9.84. The predicted molar refractivity (Wildman–Crippen MR) is 47.5 cm³/mol. The molecule has 0 radical (unpaired) electrons. The number of aliphatic hydroxyl groups is 2. The van der Waals surface area contributed by atoms with E-state index in [-0.39, 0.29) is 18.8 Å². The third kappa shape index (κ3) is 2.40. The van der Waals surface area contributed by atoms with Gasteiger partial charge in [-0.3, -0.25) is 0 Å². The molecule has 78 valence electrons. The SMILES string of the molecule is CCCO[C@H]1C(O)[C@@H](CO)O[C@H]1C. The summed E-state index contributed by atoms with van der Waals surface area (Å²) < 4.78 is 10.7. The molecule has 0 aromatic carbocycles. The van der Waals surface area contributed by atoms with Crippen molar-refractivity contribution < 1.29 is 19.7 Å². The molecule has 0 spiro atoms. The molecule has 0 aliphatic carbocycles. The molecule has 0 bridgehead atoms. The molecule has 0 amide bonds. The molecule has 1 rings (SSSR count). The van der Waals surface area contributed by atoms with Gasteiger partial charge >= 0.3 is 0 Å². The van der Waals surface area contributed by atoms with Crippen molar-refractivity contribution in [3.63, 3.8) is 0 Å². The maximum atomic E-state index is 9.64. The lowest BCUT2D eigenvalue weighted by Gasteiger charge is -2.17. The lowest BCUT2D eigenvalue weighted by Crippen LogP contribution is -2.35. The van der Waals surface area contributed by atoms with Crippen molar-refractivity contribution in [2.75, 3.05) is 13.2 Å². The van der Waals surface area contributed by atoms with Crippen molar-refractivity contribution in [2.45, 2.75) is 44.7 Å². The van der Waals surface area contributed by atoms with Crippen molar-refractivity contribution >= 4 is 0 Å². The standard InChI is InChI=1S/C9H18O4/c1-3-4-12-9-6(2)13-7(5-10)8(9)11/h6-11H,3-5H2,1-2H3/t6-,7+,8?,9+/m0/s1. The molecule has 1 heterocycles. The average molecular weight is 190 g/mol. The van der Waals surface area contributed by atoms with Crippen LogP contribution in [0.5, 0.6) is 0 Å². The highest BCUT2D eigenvalue weighted by Crippen LogP contribution is 2.23. The highest BCUT2D eigenvalue weighted by Gasteiger charge is 2.41. The molecular formula is C9H18O4. The Bertz CT molecular complexity index is 151. The van der Waals surface area contributed by atoms with Crippen molar-refractivity contribution in [1.82, 2.24) is 0 Å². The third-order valence-electron chi connectivity index (χ3n) is 2.26. The normalized spacial score (nSPS) is 39.7. The fraction of sp³-hybridized carbons (Fsp3) is 1.00. The molecule has 4 atom stereocenters. The Labute approximate surface area is 78.5 Å². The van der Waals surface area contributed by atoms with E-state index in [9.17, 15) is 5.11 Å². The van der Waals surface area contributed by atoms with Gasteiger partial charge in [-0.15, -0.1) is 0 Å². The molecule has 1 aliphatic rings. The summed E-state index contributed by atoms with van der Waals surface area (Å²) in [6.45, 7) is 4.32. The second-order valence-corrected chi connectivity index (χ2v) is 3.39. The second-order valence-electron chi connectivity index (χ2n) is 3.39. The molecular weight excluding hydrogens is 172 g/mol. The van der Waals surface area contributed by atoms with Crippen molar-refractivity contribution in [3.05, 3.63) is 0 Å². The summed E-state index contributed by atoms with van der Waals surface area (Å²) in [5, 5.41) is 18.5. The van der Waals surface area contributed by atoms with E-state index in [1.165, 1.54) is 0 Å². The Hall–Kier alpha value is -0.160. The molecule has 4 heteroatoms. The Morgan fingerprint density at radius 2 is 2.15 bits per heavy atom. The first-order valence-corrected chi connectivity index (χ1v) is 4.76. The van der Waals surface area contributed by atoms with Crippen LogP contribution < -0.4 is 0 Å². The maximum absolute atomic E-state index is 9.64. The van der Waals surface area contributed by atoms with E-state index in [0.29, 0.717) is 6.61 Å². The van der Waals surface area contributed by atoms with Gasteiger partial charge in [0, 0.05) is 6.61 Å². The summed E-state index contributed by atoms with van der Waals surface area (Å²) in [7, 11) is 0. The third-order valence-corrected chi connectivity index (χ3v) is 2.26. The minimum Gasteiger partial charge on any atom is -0.394 e. The number of hydrogen-bond acceptors (Lipinski definition) is 4. The van der Waals surface area contributed by atoms with Crippen LogP contribution >= 0.6 is 0 Å². The largest absolute Gasteiger partial charge is 0.394 e. The Kier molecular flexibility index (Phi) is 4.12. The molecule has 1 aliphatic heterocycles. The van der Waals surface area contributed by atoms with Gasteiger partial charge in [0.15, 0.2) is 0 Å². The van der Waals surface area contributed by atoms with Gasteiger partial charge in [0.2, 0.25) is 0 Å². The second kappa shape index (κ2) is 4.91. The zero-order valence-electron chi connectivity index (χ0n) is 8.14. The molecule has 2 N–H and O–H groups in total. The lowest BCUT2D eigenvalue weighted by atomic mass is 10.1. The van der Waals surface area contributed by atoms with Crippen LogP contribution in [0.15, 0.2) is 0 Å². The van der Waals surface area contributed by atoms with Crippen LogP contribution in [0.4, 0.5) is 0 Å². The first kappa shape index (κ1) is 10.9. The maximum Gasteiger partial charge on any atom is 0.112 e. The Balaban J connectivity index is 2.44. The van der Waals surface area contributed by atoms with Gasteiger partial charge in [-0.1, -0.05) is 6.92 Å². The minimum atomic E-state index is -0.702. The zero-order valence-corrected chi connectivity index (χ0v) is 8.14. The highest BCUT2D eigenvalue weighted by atomic mass is 16.6. The van der Waals surface area contributed by atoms with Crippen LogP contribution in [-0.4, -0.2) is 47.8 Å². The van der Waals surface area contributed by atoms with Crippen LogP contribution in [0, 0.1) is 0 Å². The smallest absolute Gasteiger partial charge is 0.112 e. The molecule has 1 fully saturated rings. The number of aliphatic hydroxyl groups excluding tert-OH is 2. The number of rotatable bonds is 4. The Morgan fingerprint density at radius 3 is 2.62 bits per heavy atom. The van der Waals surface area contributed by atoms with Crippen molar-refractivity contribution in [2.24, 2.45) is 0 Å². The van der Waals surface area contributed by atoms with E-state index in [2.05, 4.69) is 0 Å². The predicted octanol–water partition coefficient (Wildman–Crippen LogP) is -0.0779. The Morgan fingerprint density at radius 1 is 1.46 bits per heavy atom. The first-order chi connectivity index (χ1) is 6.20. The summed E-state index contributed by atoms with van der Waals surface area (Å²) >= 11 is 0. The van der Waals surface area contributed by atoms with E-state index in [4.69, 9.17) is 14.6 Å². The first-order valence-electron chi connectivity index (χ1n) is 4.76. The van der Waals surface area contributed by atoms with Gasteiger partial charge in [0.25, 0.3) is 0 Å². The minimum absolute atomic E-state index is 0.140. The summed E-state index contributed by atoms with van der Waals surface area (Å²) in [4.78, 5) is 0. The molecule has 0 aromatic rings. The molecule has 0 aromatic heterocycles. The van der Waals surface area contributed by atoms with Crippen LogP contribution in [0.25, 0.3) is 0 Å². The molecule has 0 saturated carbocycles. The van der Waals surface area contributed by atoms with Gasteiger partial charge in [0.1, 0.15) is 18.3 Å². The van der Waals surface area contributed by atoms with E-state index >= 15 is 0 Å². The van der Waals surface area contributed by atoms with E-state index in [1.54, 1.807) is 0 Å². The van der Waals surface area contributed by atoms with Crippen molar-refractivity contribution in [3.8, 4) is 0 Å². The fourth-order valence-electron chi connectivity index (χ4n) is 1.56. The summed E-state index contributed by atoms with van der Waals surface area (Å²) in [6.07, 6.45) is -0.709. The van der Waals surface area contributed by atoms with Gasteiger partial charge in [-0.25, -0.2) is 0 Å². The summed E-state index contributed by atoms with van der Waals surface area (Å²) in [5.41, 5.74) is 0. The van der Waals surface area contributed by atoms with Gasteiger partial charge in [-0.05, 0) is 13.3 Å². The van der Waals surface area contributed by atoms with Crippen LogP contribution in [-0.2, 0) is 9.47 Å². The lowest BCUT2D eigenvalue weighted by molar-refractivity contribution is -0.0323. The van der Waals surface area contributed by atoms with E-state index in [0.717, 1.165) is 6.42 Å². The average Bonchev–Trinajstić information content (AvgIpc) is 2.39.